The molecule has 2 aromatic heterocycles. The number of aromatic nitrogens is 3. The van der Waals surface area contributed by atoms with E-state index in [-0.39, 0.29) is 28.5 Å². The molecule has 0 bridgehead atoms. The van der Waals surface area contributed by atoms with Gasteiger partial charge in [0, 0.05) is 13.2 Å². The number of nitrogens with zero attached hydrogens (tertiary/aromatic N) is 4. The molecule has 0 saturated carbocycles. The number of oxazole rings is 1. The summed E-state index contributed by atoms with van der Waals surface area (Å²) in [6.45, 7) is 1.53. The summed E-state index contributed by atoms with van der Waals surface area (Å²) in [5.74, 6) is -1.98. The Morgan fingerprint density at radius 1 is 1.15 bits per heavy atom. The van der Waals surface area contributed by atoms with Crippen LogP contribution in [0.15, 0.2) is 41.1 Å². The molecule has 3 aromatic rings. The fourth-order valence-corrected chi connectivity index (χ4v) is 2.62. The van der Waals surface area contributed by atoms with Crippen LogP contribution in [0.5, 0.6) is 0 Å². The summed E-state index contributed by atoms with van der Waals surface area (Å²) in [5.41, 5.74) is 0.812. The fourth-order valence-electron chi connectivity index (χ4n) is 2.62. The van der Waals surface area contributed by atoms with Gasteiger partial charge in [0.25, 0.3) is 11.8 Å². The number of amides is 2. The van der Waals surface area contributed by atoms with Crippen molar-refractivity contribution in [1.82, 2.24) is 19.8 Å². The molecule has 26 heavy (non-hydrogen) atoms. The highest BCUT2D eigenvalue weighted by Gasteiger charge is 2.39. The molecule has 0 fully saturated rings. The molecule has 1 aliphatic heterocycles. The molecule has 0 N–H and O–H groups in total. The Balaban J connectivity index is 1.59. The van der Waals surface area contributed by atoms with E-state index < -0.39 is 17.8 Å². The summed E-state index contributed by atoms with van der Waals surface area (Å²) in [7, 11) is 1.73. The molecular weight excluding hydrogens is 340 g/mol. The van der Waals surface area contributed by atoms with E-state index in [1.807, 2.05) is 0 Å². The summed E-state index contributed by atoms with van der Waals surface area (Å²) in [5, 5.41) is 4.44. The third-order valence-electron chi connectivity index (χ3n) is 3.87. The molecule has 130 valence electrons. The van der Waals surface area contributed by atoms with E-state index in [0.29, 0.717) is 10.6 Å². The minimum atomic E-state index is -0.962. The third-order valence-corrected chi connectivity index (χ3v) is 3.87. The summed E-state index contributed by atoms with van der Waals surface area (Å²) in [6, 6.07) is 6.23. The van der Waals surface area contributed by atoms with Gasteiger partial charge < -0.3 is 9.25 Å². The first-order chi connectivity index (χ1) is 12.5. The summed E-state index contributed by atoms with van der Waals surface area (Å²) in [4.78, 5) is 46.0. The Labute approximate surface area is 146 Å². The maximum Gasteiger partial charge on any atom is 0.385 e. The normalized spacial score (nSPS) is 13.2. The van der Waals surface area contributed by atoms with E-state index in [0.717, 1.165) is 0 Å². The highest BCUT2D eigenvalue weighted by molar-refractivity contribution is 6.21. The van der Waals surface area contributed by atoms with E-state index >= 15 is 0 Å². The van der Waals surface area contributed by atoms with Crippen LogP contribution in [0.1, 0.15) is 37.0 Å². The first kappa shape index (κ1) is 15.8. The molecule has 1 aliphatic rings. The average Bonchev–Trinajstić information content (AvgIpc) is 3.29. The molecule has 3 heterocycles. The molecule has 0 atom stereocenters. The topological polar surface area (TPSA) is 108 Å². The Morgan fingerprint density at radius 3 is 2.38 bits per heavy atom. The van der Waals surface area contributed by atoms with Crippen molar-refractivity contribution < 1.29 is 23.6 Å². The first-order valence-electron chi connectivity index (χ1n) is 7.62. The molecule has 0 saturated heterocycles. The van der Waals surface area contributed by atoms with Crippen molar-refractivity contribution in [3.63, 3.8) is 0 Å². The third kappa shape index (κ3) is 2.37. The molecule has 0 radical (unpaired) electrons. The largest absolute Gasteiger partial charge is 0.440 e. The van der Waals surface area contributed by atoms with E-state index in [9.17, 15) is 14.4 Å². The Morgan fingerprint density at radius 2 is 1.81 bits per heavy atom. The number of hydroxylamine groups is 2. The maximum absolute atomic E-state index is 12.4. The number of imide groups is 1. The molecule has 2 amide bonds. The zero-order chi connectivity index (χ0) is 18.4. The van der Waals surface area contributed by atoms with Gasteiger partial charge >= 0.3 is 5.97 Å². The van der Waals surface area contributed by atoms with Crippen LogP contribution < -0.4 is 0 Å². The minimum absolute atomic E-state index is 0.125. The van der Waals surface area contributed by atoms with Gasteiger partial charge in [-0.25, -0.2) is 9.78 Å². The second kappa shape index (κ2) is 5.66. The average molecular weight is 352 g/mol. The Kier molecular flexibility index (Phi) is 3.43. The number of carbonyl (C=O) groups excluding carboxylic acids is 3. The van der Waals surface area contributed by atoms with Gasteiger partial charge in [0.1, 0.15) is 5.76 Å². The van der Waals surface area contributed by atoms with Gasteiger partial charge in [-0.15, -0.1) is 0 Å². The van der Waals surface area contributed by atoms with Crippen molar-refractivity contribution in [3.05, 3.63) is 59.2 Å². The number of hydrogen-bond donors (Lipinski definition) is 0. The van der Waals surface area contributed by atoms with E-state index in [1.54, 1.807) is 30.1 Å². The van der Waals surface area contributed by atoms with Crippen molar-refractivity contribution in [3.8, 4) is 11.5 Å². The van der Waals surface area contributed by atoms with Crippen LogP contribution in [0.25, 0.3) is 11.5 Å². The molecule has 9 nitrogen and oxygen atoms in total. The van der Waals surface area contributed by atoms with Crippen LogP contribution >= 0.6 is 0 Å². The van der Waals surface area contributed by atoms with Crippen molar-refractivity contribution >= 4 is 17.8 Å². The summed E-state index contributed by atoms with van der Waals surface area (Å²) in [6.07, 6.45) is 3.20. The molecule has 1 aromatic carbocycles. The van der Waals surface area contributed by atoms with E-state index in [2.05, 4.69) is 10.1 Å². The number of carbonyl (C=O) groups is 3. The lowest BCUT2D eigenvalue weighted by molar-refractivity contribution is -0.0589. The quantitative estimate of drug-likeness (QED) is 0.661. The van der Waals surface area contributed by atoms with Crippen LogP contribution in [0.3, 0.4) is 0 Å². The van der Waals surface area contributed by atoms with Gasteiger partial charge in [-0.3, -0.25) is 14.3 Å². The zero-order valence-corrected chi connectivity index (χ0v) is 13.8. The van der Waals surface area contributed by atoms with Crippen molar-refractivity contribution in [1.29, 1.82) is 0 Å². The molecule has 4 rings (SSSR count). The van der Waals surface area contributed by atoms with Crippen molar-refractivity contribution in [2.45, 2.75) is 6.92 Å². The molecule has 0 spiro atoms. The smallest absolute Gasteiger partial charge is 0.385 e. The van der Waals surface area contributed by atoms with Crippen LogP contribution in [0.4, 0.5) is 0 Å². The number of aryl methyl sites for hydroxylation is 2. The highest BCUT2D eigenvalue weighted by atomic mass is 16.7. The fraction of sp³-hybridized carbons (Fsp3) is 0.118. The molecule has 0 unspecified atom stereocenters. The highest BCUT2D eigenvalue weighted by Crippen LogP contribution is 2.25. The summed E-state index contributed by atoms with van der Waals surface area (Å²) >= 11 is 0. The standard InChI is InChI=1S/C17H12N4O5/c1-9-13(19-14(25-9)10-7-18-20(2)8-10)17(24)26-21-15(22)11-5-3-4-6-12(11)16(21)23/h3-8H,1-2H3. The van der Waals surface area contributed by atoms with Gasteiger partial charge in [-0.2, -0.15) is 5.10 Å². The zero-order valence-electron chi connectivity index (χ0n) is 13.8. The number of benzene rings is 1. The molecule has 9 heteroatoms. The monoisotopic (exact) mass is 352 g/mol. The second-order valence-electron chi connectivity index (χ2n) is 5.66. The van der Waals surface area contributed by atoms with Gasteiger partial charge in [0.2, 0.25) is 5.89 Å². The Bertz CT molecular complexity index is 1030. The first-order valence-corrected chi connectivity index (χ1v) is 7.62. The lowest BCUT2D eigenvalue weighted by atomic mass is 10.1. The molecule has 0 aliphatic carbocycles. The van der Waals surface area contributed by atoms with Gasteiger partial charge in [-0.05, 0) is 19.1 Å². The SMILES string of the molecule is Cc1oc(-c2cnn(C)c2)nc1C(=O)ON1C(=O)c2ccccc2C1=O. The van der Waals surface area contributed by atoms with Crippen LogP contribution in [-0.2, 0) is 11.9 Å². The van der Waals surface area contributed by atoms with Crippen LogP contribution in [0.2, 0.25) is 0 Å². The summed E-state index contributed by atoms with van der Waals surface area (Å²) < 4.78 is 7.02. The second-order valence-corrected chi connectivity index (χ2v) is 5.66. The lowest BCUT2D eigenvalue weighted by Gasteiger charge is -2.11. The van der Waals surface area contributed by atoms with Gasteiger partial charge in [-0.1, -0.05) is 17.2 Å². The number of rotatable bonds is 3. The van der Waals surface area contributed by atoms with Crippen LogP contribution in [-0.4, -0.2) is 37.6 Å². The lowest BCUT2D eigenvalue weighted by Crippen LogP contribution is -2.33. The van der Waals surface area contributed by atoms with E-state index in [1.165, 1.54) is 25.3 Å². The van der Waals surface area contributed by atoms with Crippen molar-refractivity contribution in [2.75, 3.05) is 0 Å². The van der Waals surface area contributed by atoms with Crippen molar-refractivity contribution in [2.24, 2.45) is 7.05 Å². The van der Waals surface area contributed by atoms with Gasteiger partial charge in [0.05, 0.1) is 22.9 Å². The van der Waals surface area contributed by atoms with Crippen LogP contribution in [0, 0.1) is 6.92 Å². The maximum atomic E-state index is 12.4. The van der Waals surface area contributed by atoms with E-state index in [4.69, 9.17) is 9.25 Å². The number of hydrogen-bond acceptors (Lipinski definition) is 7. The number of fused-ring (bicyclic) bond motifs is 1. The predicted molar refractivity (Wildman–Crippen MR) is 85.8 cm³/mol. The Hall–Kier alpha value is -3.75. The minimum Gasteiger partial charge on any atom is -0.440 e. The molecular formula is C17H12N4O5. The van der Waals surface area contributed by atoms with Gasteiger partial charge in [0.15, 0.2) is 5.69 Å². The predicted octanol–water partition coefficient (Wildman–Crippen LogP) is 1.75.